The number of nitrogens with zero attached hydrogens (tertiary/aromatic N) is 1. The van der Waals surface area contributed by atoms with E-state index in [2.05, 4.69) is 12.6 Å². The molecule has 0 unspecified atom stereocenters. The van der Waals surface area contributed by atoms with Crippen molar-refractivity contribution in [3.05, 3.63) is 24.3 Å². The van der Waals surface area contributed by atoms with Crippen LogP contribution < -0.4 is 4.90 Å². The number of amides is 2. The van der Waals surface area contributed by atoms with Gasteiger partial charge >= 0.3 is 0 Å². The van der Waals surface area contributed by atoms with E-state index in [0.717, 1.165) is 19.3 Å². The molecular formula is C15H15NO2S. The van der Waals surface area contributed by atoms with Gasteiger partial charge in [-0.1, -0.05) is 12.1 Å². The molecule has 98 valence electrons. The molecule has 1 aromatic carbocycles. The van der Waals surface area contributed by atoms with E-state index in [4.69, 9.17) is 0 Å². The predicted octanol–water partition coefficient (Wildman–Crippen LogP) is 2.51. The number of hydrogen-bond acceptors (Lipinski definition) is 3. The van der Waals surface area contributed by atoms with Crippen LogP contribution in [0.4, 0.5) is 5.69 Å². The summed E-state index contributed by atoms with van der Waals surface area (Å²) in [4.78, 5) is 27.3. The van der Waals surface area contributed by atoms with Crippen LogP contribution >= 0.6 is 12.6 Å². The van der Waals surface area contributed by atoms with Crippen molar-refractivity contribution in [1.82, 2.24) is 0 Å². The second-order valence-corrected chi connectivity index (χ2v) is 6.37. The van der Waals surface area contributed by atoms with Crippen LogP contribution in [0.1, 0.15) is 19.3 Å². The average Bonchev–Trinajstić information content (AvgIpc) is 3.06. The Morgan fingerprint density at radius 1 is 1.00 bits per heavy atom. The molecule has 4 heteroatoms. The van der Waals surface area contributed by atoms with Crippen LogP contribution in [0.3, 0.4) is 0 Å². The van der Waals surface area contributed by atoms with Crippen molar-refractivity contribution in [2.24, 2.45) is 23.7 Å². The number of rotatable bonds is 1. The lowest BCUT2D eigenvalue weighted by Crippen LogP contribution is -2.33. The number of anilines is 1. The largest absolute Gasteiger partial charge is 0.274 e. The number of benzene rings is 1. The highest BCUT2D eigenvalue weighted by molar-refractivity contribution is 7.80. The predicted molar refractivity (Wildman–Crippen MR) is 74.0 cm³/mol. The fourth-order valence-corrected chi connectivity index (χ4v) is 4.56. The highest BCUT2D eigenvalue weighted by Crippen LogP contribution is 2.56. The van der Waals surface area contributed by atoms with Gasteiger partial charge in [-0.2, -0.15) is 0 Å². The van der Waals surface area contributed by atoms with Crippen molar-refractivity contribution < 1.29 is 9.59 Å². The molecule has 3 aliphatic rings. The first-order valence-electron chi connectivity index (χ1n) is 6.84. The van der Waals surface area contributed by atoms with Gasteiger partial charge in [0.05, 0.1) is 17.5 Å². The molecule has 0 spiro atoms. The Morgan fingerprint density at radius 3 is 2.16 bits per heavy atom. The van der Waals surface area contributed by atoms with E-state index in [1.165, 1.54) is 4.90 Å². The molecule has 2 bridgehead atoms. The molecule has 2 aliphatic carbocycles. The Bertz CT molecular complexity index is 557. The fourth-order valence-electron chi connectivity index (χ4n) is 4.30. The van der Waals surface area contributed by atoms with Crippen LogP contribution in [0, 0.1) is 23.7 Å². The van der Waals surface area contributed by atoms with E-state index in [1.807, 2.05) is 18.2 Å². The quantitative estimate of drug-likeness (QED) is 0.630. The third-order valence-electron chi connectivity index (χ3n) is 5.05. The standard InChI is InChI=1S/C15H15NO2S/c17-14-12-8-5-6-9(7-8)13(12)15(18)16(14)10-3-1-2-4-11(10)19/h1-4,8-9,12-13,19H,5-7H2/t8-,9-,12-,13-/m0/s1. The molecule has 2 amide bonds. The van der Waals surface area contributed by atoms with Crippen LogP contribution in [-0.2, 0) is 9.59 Å². The van der Waals surface area contributed by atoms with Crippen molar-refractivity contribution in [2.45, 2.75) is 24.2 Å². The molecule has 3 nitrogen and oxygen atoms in total. The van der Waals surface area contributed by atoms with Crippen LogP contribution in [-0.4, -0.2) is 11.8 Å². The maximum Gasteiger partial charge on any atom is 0.238 e. The first-order valence-corrected chi connectivity index (χ1v) is 7.29. The number of carbonyl (C=O) groups excluding carboxylic acids is 2. The summed E-state index contributed by atoms with van der Waals surface area (Å²) in [6.07, 6.45) is 3.30. The maximum absolute atomic E-state index is 12.6. The molecule has 0 radical (unpaired) electrons. The number of hydrogen-bond donors (Lipinski definition) is 1. The first kappa shape index (κ1) is 11.5. The van der Waals surface area contributed by atoms with E-state index in [1.54, 1.807) is 6.07 Å². The van der Waals surface area contributed by atoms with E-state index in [-0.39, 0.29) is 23.7 Å². The number of imide groups is 1. The zero-order valence-electron chi connectivity index (χ0n) is 10.5. The summed E-state index contributed by atoms with van der Waals surface area (Å²) in [6.45, 7) is 0. The molecule has 4 atom stereocenters. The summed E-state index contributed by atoms with van der Waals surface area (Å²) in [5.74, 6) is 0.762. The summed E-state index contributed by atoms with van der Waals surface area (Å²) >= 11 is 4.38. The topological polar surface area (TPSA) is 37.4 Å². The molecule has 4 rings (SSSR count). The van der Waals surface area contributed by atoms with Crippen molar-refractivity contribution >= 4 is 30.1 Å². The van der Waals surface area contributed by atoms with Gasteiger partial charge in [-0.05, 0) is 43.2 Å². The highest BCUT2D eigenvalue weighted by Gasteiger charge is 2.61. The number of fused-ring (bicyclic) bond motifs is 5. The number of thiol groups is 1. The molecule has 0 N–H and O–H groups in total. The normalized spacial score (nSPS) is 36.2. The second-order valence-electron chi connectivity index (χ2n) is 5.89. The van der Waals surface area contributed by atoms with Gasteiger partial charge in [-0.3, -0.25) is 9.59 Å². The summed E-state index contributed by atoms with van der Waals surface area (Å²) in [5, 5.41) is 0. The van der Waals surface area contributed by atoms with Gasteiger partial charge in [0.2, 0.25) is 11.8 Å². The Hall–Kier alpha value is -1.29. The third-order valence-corrected chi connectivity index (χ3v) is 5.43. The Kier molecular flexibility index (Phi) is 2.34. The zero-order chi connectivity index (χ0) is 13.1. The fraction of sp³-hybridized carbons (Fsp3) is 0.467. The van der Waals surface area contributed by atoms with Gasteiger partial charge in [0, 0.05) is 4.90 Å². The van der Waals surface area contributed by atoms with Crippen LogP contribution in [0.25, 0.3) is 0 Å². The first-order chi connectivity index (χ1) is 9.18. The van der Waals surface area contributed by atoms with Gasteiger partial charge in [-0.15, -0.1) is 12.6 Å². The lowest BCUT2D eigenvalue weighted by molar-refractivity contribution is -0.123. The summed E-state index contributed by atoms with van der Waals surface area (Å²) < 4.78 is 0. The molecule has 1 aromatic rings. The van der Waals surface area contributed by atoms with Crippen molar-refractivity contribution in [2.75, 3.05) is 4.90 Å². The Balaban J connectivity index is 1.78. The van der Waals surface area contributed by atoms with Gasteiger partial charge < -0.3 is 0 Å². The van der Waals surface area contributed by atoms with E-state index in [0.29, 0.717) is 22.4 Å². The molecule has 3 fully saturated rings. The molecule has 0 aromatic heterocycles. The molecular weight excluding hydrogens is 258 g/mol. The highest BCUT2D eigenvalue weighted by atomic mass is 32.1. The minimum atomic E-state index is -0.0563. The third kappa shape index (κ3) is 1.41. The van der Waals surface area contributed by atoms with Crippen molar-refractivity contribution in [3.8, 4) is 0 Å². The SMILES string of the molecule is O=C1[C@H]2[C@H]3CC[C@@H](C3)[C@@H]2C(=O)N1c1ccccc1S. The lowest BCUT2D eigenvalue weighted by Gasteiger charge is -2.19. The van der Waals surface area contributed by atoms with Crippen molar-refractivity contribution in [1.29, 1.82) is 0 Å². The summed E-state index contributed by atoms with van der Waals surface area (Å²) in [5.41, 5.74) is 0.648. The minimum Gasteiger partial charge on any atom is -0.274 e. The van der Waals surface area contributed by atoms with Gasteiger partial charge in [-0.25, -0.2) is 4.90 Å². The summed E-state index contributed by atoms with van der Waals surface area (Å²) in [7, 11) is 0. The van der Waals surface area contributed by atoms with Gasteiger partial charge in [0.1, 0.15) is 0 Å². The second kappa shape index (κ2) is 3.85. The van der Waals surface area contributed by atoms with E-state index < -0.39 is 0 Å². The maximum atomic E-state index is 12.6. The van der Waals surface area contributed by atoms with Crippen LogP contribution in [0.2, 0.25) is 0 Å². The van der Waals surface area contributed by atoms with Crippen LogP contribution in [0.15, 0.2) is 29.2 Å². The average molecular weight is 273 g/mol. The number of para-hydroxylation sites is 1. The Morgan fingerprint density at radius 2 is 1.58 bits per heavy atom. The van der Waals surface area contributed by atoms with Crippen LogP contribution in [0.5, 0.6) is 0 Å². The monoisotopic (exact) mass is 273 g/mol. The van der Waals surface area contributed by atoms with Crippen molar-refractivity contribution in [3.63, 3.8) is 0 Å². The summed E-state index contributed by atoms with van der Waals surface area (Å²) in [6, 6.07) is 7.34. The van der Waals surface area contributed by atoms with E-state index >= 15 is 0 Å². The Labute approximate surface area is 117 Å². The molecule has 19 heavy (non-hydrogen) atoms. The van der Waals surface area contributed by atoms with Gasteiger partial charge in [0.25, 0.3) is 0 Å². The molecule has 1 heterocycles. The molecule has 1 aliphatic heterocycles. The minimum absolute atomic E-state index is 0.00343. The van der Waals surface area contributed by atoms with Gasteiger partial charge in [0.15, 0.2) is 0 Å². The molecule has 1 saturated heterocycles. The smallest absolute Gasteiger partial charge is 0.238 e. The molecule has 2 saturated carbocycles. The lowest BCUT2D eigenvalue weighted by atomic mass is 9.81. The number of carbonyl (C=O) groups is 2. The zero-order valence-corrected chi connectivity index (χ0v) is 11.3. The van der Waals surface area contributed by atoms with E-state index in [9.17, 15) is 9.59 Å².